The summed E-state index contributed by atoms with van der Waals surface area (Å²) in [6, 6.07) is 9.68. The predicted molar refractivity (Wildman–Crippen MR) is 135 cm³/mol. The molecular weight excluding hydrogens is 486 g/mol. The molecule has 2 aromatic rings. The van der Waals surface area contributed by atoms with Gasteiger partial charge in [0, 0.05) is 22.3 Å². The monoisotopic (exact) mass is 511 g/mol. The summed E-state index contributed by atoms with van der Waals surface area (Å²) in [5, 5.41) is 9.56. The minimum absolute atomic E-state index is 0.117. The fourth-order valence-electron chi connectivity index (χ4n) is 6.44. The Balaban J connectivity index is 1.44. The summed E-state index contributed by atoms with van der Waals surface area (Å²) < 4.78 is 5.86. The SMILES string of the molecule is CC(=O)c1ccc(N2C(=O)C3CC=C4C(c5ccc(CO)o5)C5=C(CC4C3C2=O)C(=O)C(C)=CC5=O)cc1. The highest BCUT2D eigenvalue weighted by Crippen LogP contribution is 2.55. The van der Waals surface area contributed by atoms with Gasteiger partial charge in [0.25, 0.3) is 0 Å². The highest BCUT2D eigenvalue weighted by Gasteiger charge is 2.57. The molecule has 6 rings (SSSR count). The van der Waals surface area contributed by atoms with Crippen molar-refractivity contribution < 1.29 is 33.5 Å². The number of amides is 2. The van der Waals surface area contributed by atoms with Crippen LogP contribution in [0.15, 0.2) is 75.3 Å². The summed E-state index contributed by atoms with van der Waals surface area (Å²) in [4.78, 5) is 66.7. The number of hydrogen-bond donors (Lipinski definition) is 1. The van der Waals surface area contributed by atoms with E-state index in [4.69, 9.17) is 4.42 Å². The molecule has 3 aliphatic carbocycles. The van der Waals surface area contributed by atoms with Crippen LogP contribution in [-0.4, -0.2) is 34.3 Å². The fourth-order valence-corrected chi connectivity index (χ4v) is 6.44. The number of benzene rings is 1. The Morgan fingerprint density at radius 1 is 1.03 bits per heavy atom. The van der Waals surface area contributed by atoms with Gasteiger partial charge >= 0.3 is 0 Å². The molecule has 8 nitrogen and oxygen atoms in total. The summed E-state index contributed by atoms with van der Waals surface area (Å²) in [6.07, 6.45) is 3.75. The van der Waals surface area contributed by atoms with Crippen molar-refractivity contribution in [3.63, 3.8) is 0 Å². The molecule has 1 aromatic carbocycles. The van der Waals surface area contributed by atoms with Gasteiger partial charge in [0.2, 0.25) is 11.8 Å². The lowest BCUT2D eigenvalue weighted by Gasteiger charge is -2.41. The number of carbonyl (C=O) groups excluding carboxylic acids is 5. The molecule has 0 bridgehead atoms. The third kappa shape index (κ3) is 3.44. The lowest BCUT2D eigenvalue weighted by molar-refractivity contribution is -0.123. The van der Waals surface area contributed by atoms with Crippen molar-refractivity contribution in [1.29, 1.82) is 0 Å². The van der Waals surface area contributed by atoms with E-state index in [1.54, 1.807) is 43.3 Å². The molecule has 1 N–H and O–H groups in total. The molecule has 2 amide bonds. The van der Waals surface area contributed by atoms with Crippen LogP contribution in [0.3, 0.4) is 0 Å². The topological polar surface area (TPSA) is 122 Å². The van der Waals surface area contributed by atoms with E-state index in [2.05, 4.69) is 0 Å². The van der Waals surface area contributed by atoms with Gasteiger partial charge in [-0.05, 0) is 75.1 Å². The van der Waals surface area contributed by atoms with Crippen LogP contribution in [0.4, 0.5) is 5.69 Å². The van der Waals surface area contributed by atoms with E-state index in [-0.39, 0.29) is 42.2 Å². The molecule has 38 heavy (non-hydrogen) atoms. The zero-order valence-electron chi connectivity index (χ0n) is 20.9. The van der Waals surface area contributed by atoms with Gasteiger partial charge in [0.1, 0.15) is 18.1 Å². The maximum atomic E-state index is 13.9. The van der Waals surface area contributed by atoms with E-state index in [0.717, 1.165) is 5.57 Å². The number of carbonyl (C=O) groups is 5. The molecule has 4 atom stereocenters. The van der Waals surface area contributed by atoms with Gasteiger partial charge in [0.05, 0.1) is 23.4 Å². The second kappa shape index (κ2) is 8.70. The summed E-state index contributed by atoms with van der Waals surface area (Å²) in [5.74, 6) is -3.01. The van der Waals surface area contributed by atoms with Gasteiger partial charge in [-0.3, -0.25) is 28.9 Å². The second-order valence-corrected chi connectivity index (χ2v) is 10.3. The molecule has 0 spiro atoms. The van der Waals surface area contributed by atoms with Crippen molar-refractivity contribution in [2.24, 2.45) is 17.8 Å². The fraction of sp³-hybridized carbons (Fsp3) is 0.300. The zero-order chi connectivity index (χ0) is 26.9. The van der Waals surface area contributed by atoms with Crippen LogP contribution in [0, 0.1) is 17.8 Å². The van der Waals surface area contributed by atoms with Crippen LogP contribution < -0.4 is 4.90 Å². The van der Waals surface area contributed by atoms with Crippen LogP contribution in [0.1, 0.15) is 54.5 Å². The van der Waals surface area contributed by atoms with Crippen molar-refractivity contribution in [1.82, 2.24) is 0 Å². The number of hydrogen-bond acceptors (Lipinski definition) is 7. The summed E-state index contributed by atoms with van der Waals surface area (Å²) >= 11 is 0. The Morgan fingerprint density at radius 3 is 2.42 bits per heavy atom. The average Bonchev–Trinajstić information content (AvgIpc) is 3.48. The summed E-state index contributed by atoms with van der Waals surface area (Å²) in [7, 11) is 0. The first-order valence-electron chi connectivity index (χ1n) is 12.6. The highest BCUT2D eigenvalue weighted by atomic mass is 16.4. The van der Waals surface area contributed by atoms with Crippen LogP contribution in [-0.2, 0) is 25.8 Å². The Labute approximate surface area is 218 Å². The molecule has 0 radical (unpaired) electrons. The van der Waals surface area contributed by atoms with Crippen molar-refractivity contribution in [2.75, 3.05) is 4.90 Å². The first kappa shape index (κ1) is 24.2. The molecule has 1 fully saturated rings. The minimum Gasteiger partial charge on any atom is -0.463 e. The number of ketones is 3. The second-order valence-electron chi connectivity index (χ2n) is 10.3. The number of rotatable bonds is 4. The van der Waals surface area contributed by atoms with Crippen LogP contribution >= 0.6 is 0 Å². The van der Waals surface area contributed by atoms with Crippen LogP contribution in [0.2, 0.25) is 0 Å². The number of allylic oxidation sites excluding steroid dienone is 6. The first-order valence-corrected chi connectivity index (χ1v) is 12.6. The van der Waals surface area contributed by atoms with Gasteiger partial charge in [-0.25, -0.2) is 0 Å². The molecule has 1 aliphatic heterocycles. The quantitative estimate of drug-likeness (QED) is 0.288. The van der Waals surface area contributed by atoms with Gasteiger partial charge in [-0.2, -0.15) is 0 Å². The number of aliphatic hydroxyl groups is 1. The Kier molecular flexibility index (Phi) is 5.54. The molecule has 4 aliphatic rings. The third-order valence-corrected chi connectivity index (χ3v) is 8.22. The normalized spacial score (nSPS) is 26.7. The maximum absolute atomic E-state index is 13.9. The Hall–Kier alpha value is -4.17. The van der Waals surface area contributed by atoms with E-state index in [1.165, 1.54) is 17.9 Å². The molecule has 1 saturated heterocycles. The van der Waals surface area contributed by atoms with Gasteiger partial charge in [0.15, 0.2) is 17.3 Å². The van der Waals surface area contributed by atoms with E-state index in [1.807, 2.05) is 6.08 Å². The summed E-state index contributed by atoms with van der Waals surface area (Å²) in [6.45, 7) is 2.73. The van der Waals surface area contributed by atoms with E-state index in [0.29, 0.717) is 45.9 Å². The Morgan fingerprint density at radius 2 is 1.76 bits per heavy atom. The average molecular weight is 512 g/mol. The largest absolute Gasteiger partial charge is 0.463 e. The molecular formula is C30H25NO7. The van der Waals surface area contributed by atoms with Crippen LogP contribution in [0.25, 0.3) is 0 Å². The van der Waals surface area contributed by atoms with E-state index in [9.17, 15) is 29.1 Å². The zero-order valence-corrected chi connectivity index (χ0v) is 20.9. The van der Waals surface area contributed by atoms with E-state index >= 15 is 0 Å². The summed E-state index contributed by atoms with van der Waals surface area (Å²) in [5.41, 5.74) is 2.70. The number of nitrogens with zero attached hydrogens (tertiary/aromatic N) is 1. The van der Waals surface area contributed by atoms with Crippen molar-refractivity contribution in [3.05, 3.63) is 87.9 Å². The first-order chi connectivity index (χ1) is 18.2. The van der Waals surface area contributed by atoms with Gasteiger partial charge < -0.3 is 9.52 Å². The smallest absolute Gasteiger partial charge is 0.238 e. The highest BCUT2D eigenvalue weighted by molar-refractivity contribution is 6.25. The van der Waals surface area contributed by atoms with Crippen LogP contribution in [0.5, 0.6) is 0 Å². The molecule has 192 valence electrons. The number of fused-ring (bicyclic) bond motifs is 3. The minimum atomic E-state index is -0.701. The molecule has 4 unspecified atom stereocenters. The number of Topliss-reactive ketones (excluding diaryl/α,β-unsaturated/α-hetero) is 2. The molecule has 0 saturated carbocycles. The molecule has 1 aromatic heterocycles. The predicted octanol–water partition coefficient (Wildman–Crippen LogP) is 3.61. The number of anilines is 1. The maximum Gasteiger partial charge on any atom is 0.238 e. The van der Waals surface area contributed by atoms with Gasteiger partial charge in [-0.1, -0.05) is 11.6 Å². The van der Waals surface area contributed by atoms with Gasteiger partial charge in [-0.15, -0.1) is 0 Å². The molecule has 2 heterocycles. The van der Waals surface area contributed by atoms with E-state index < -0.39 is 23.7 Å². The van der Waals surface area contributed by atoms with Crippen molar-refractivity contribution in [2.45, 2.75) is 39.2 Å². The number of imide groups is 1. The van der Waals surface area contributed by atoms with Crippen molar-refractivity contribution in [3.8, 4) is 0 Å². The lowest BCUT2D eigenvalue weighted by atomic mass is 9.60. The Bertz CT molecular complexity index is 1530. The lowest BCUT2D eigenvalue weighted by Crippen LogP contribution is -2.39. The number of aliphatic hydroxyl groups excluding tert-OH is 1. The van der Waals surface area contributed by atoms with Crippen molar-refractivity contribution >= 4 is 34.9 Å². The molecule has 8 heteroatoms. The third-order valence-electron chi connectivity index (χ3n) is 8.22. The standard InChI is InChI=1S/C30H25NO7/c1-14-11-23(34)26-22(28(14)35)12-21-19(27(26)24-10-7-18(13-32)38-24)8-9-20-25(21)30(37)31(29(20)36)17-5-3-16(4-6-17)15(2)33/h3-8,10-11,20-21,25,27,32H,9,12-13H2,1-2H3. The number of furan rings is 1.